The molecule has 0 bridgehead atoms. The zero-order valence-electron chi connectivity index (χ0n) is 13.8. The van der Waals surface area contributed by atoms with Gasteiger partial charge in [-0.15, -0.1) is 0 Å². The van der Waals surface area contributed by atoms with Crippen LogP contribution >= 0.6 is 0 Å². The molecule has 0 aliphatic carbocycles. The van der Waals surface area contributed by atoms with E-state index < -0.39 is 11.5 Å². The molecule has 0 fully saturated rings. The normalized spacial score (nSPS) is 11.7. The molecular formula is C17H23N3O3. The highest BCUT2D eigenvalue weighted by Gasteiger charge is 2.26. The van der Waals surface area contributed by atoms with Gasteiger partial charge in [0.25, 0.3) is 11.5 Å². The fraction of sp³-hybridized carbons (Fsp3) is 0.471. The molecule has 0 saturated carbocycles. The highest BCUT2D eigenvalue weighted by Crippen LogP contribution is 2.24. The molecule has 0 aliphatic rings. The Bertz CT molecular complexity index is 755. The van der Waals surface area contributed by atoms with E-state index in [0.717, 1.165) is 18.4 Å². The Labute approximate surface area is 135 Å². The van der Waals surface area contributed by atoms with Crippen LogP contribution in [0.15, 0.2) is 29.3 Å². The molecular weight excluding hydrogens is 294 g/mol. The van der Waals surface area contributed by atoms with Gasteiger partial charge in [0.15, 0.2) is 0 Å². The van der Waals surface area contributed by atoms with Gasteiger partial charge in [0, 0.05) is 24.4 Å². The van der Waals surface area contributed by atoms with Crippen LogP contribution < -0.4 is 10.9 Å². The highest BCUT2D eigenvalue weighted by atomic mass is 16.3. The summed E-state index contributed by atoms with van der Waals surface area (Å²) in [5, 5.41) is 12.3. The zero-order valence-corrected chi connectivity index (χ0v) is 13.8. The minimum Gasteiger partial charge on any atom is -0.396 e. The second-order valence-electron chi connectivity index (χ2n) is 5.96. The second-order valence-corrected chi connectivity index (χ2v) is 5.96. The van der Waals surface area contributed by atoms with Gasteiger partial charge in [-0.25, -0.2) is 4.98 Å². The summed E-state index contributed by atoms with van der Waals surface area (Å²) < 4.78 is 1.38. The lowest BCUT2D eigenvalue weighted by molar-refractivity contribution is 0.0849. The summed E-state index contributed by atoms with van der Waals surface area (Å²) in [5.74, 6) is -0.460. The Morgan fingerprint density at radius 1 is 1.35 bits per heavy atom. The first-order chi connectivity index (χ1) is 11.0. The molecule has 6 nitrogen and oxygen atoms in total. The quantitative estimate of drug-likeness (QED) is 0.846. The van der Waals surface area contributed by atoms with E-state index in [1.807, 2.05) is 26.8 Å². The van der Waals surface area contributed by atoms with Crippen LogP contribution in [-0.2, 0) is 0 Å². The Balaban J connectivity index is 2.28. The van der Waals surface area contributed by atoms with Crippen LogP contribution in [0, 0.1) is 12.3 Å². The number of fused-ring (bicyclic) bond motifs is 1. The molecule has 0 spiro atoms. The third-order valence-corrected chi connectivity index (χ3v) is 4.55. The molecule has 23 heavy (non-hydrogen) atoms. The van der Waals surface area contributed by atoms with Crippen LogP contribution in [0.25, 0.3) is 5.65 Å². The van der Waals surface area contributed by atoms with E-state index in [-0.39, 0.29) is 17.6 Å². The number of aliphatic hydroxyl groups is 1. The van der Waals surface area contributed by atoms with Gasteiger partial charge in [-0.05, 0) is 31.4 Å². The molecule has 0 radical (unpaired) electrons. The summed E-state index contributed by atoms with van der Waals surface area (Å²) in [5.41, 5.74) is 0.678. The number of aromatic nitrogens is 2. The van der Waals surface area contributed by atoms with Crippen molar-refractivity contribution in [2.45, 2.75) is 33.6 Å². The summed E-state index contributed by atoms with van der Waals surface area (Å²) in [4.78, 5) is 29.0. The number of carbonyl (C=O) groups excluding carboxylic acids is 1. The number of pyridine rings is 1. The summed E-state index contributed by atoms with van der Waals surface area (Å²) in [7, 11) is 0. The largest absolute Gasteiger partial charge is 0.396 e. The van der Waals surface area contributed by atoms with Crippen LogP contribution in [-0.4, -0.2) is 33.6 Å². The van der Waals surface area contributed by atoms with Gasteiger partial charge in [-0.1, -0.05) is 19.9 Å². The predicted molar refractivity (Wildman–Crippen MR) is 88.6 cm³/mol. The van der Waals surface area contributed by atoms with Gasteiger partial charge in [0.05, 0.1) is 6.61 Å². The minimum atomic E-state index is -0.460. The average molecular weight is 317 g/mol. The van der Waals surface area contributed by atoms with E-state index in [9.17, 15) is 14.7 Å². The van der Waals surface area contributed by atoms with Crippen LogP contribution in [0.1, 0.15) is 42.6 Å². The molecule has 2 aromatic rings. The Kier molecular flexibility index (Phi) is 5.15. The maximum absolute atomic E-state index is 12.5. The van der Waals surface area contributed by atoms with Crippen molar-refractivity contribution in [3.05, 3.63) is 46.0 Å². The number of aliphatic hydroxyl groups excluding tert-OH is 1. The second kappa shape index (κ2) is 6.91. The first kappa shape index (κ1) is 17.1. The molecule has 2 aromatic heterocycles. The predicted octanol–water partition coefficient (Wildman–Crippen LogP) is 1.53. The third kappa shape index (κ3) is 3.42. The maximum Gasteiger partial charge on any atom is 0.270 e. The van der Waals surface area contributed by atoms with Gasteiger partial charge in [-0.2, -0.15) is 0 Å². The van der Waals surface area contributed by atoms with E-state index >= 15 is 0 Å². The summed E-state index contributed by atoms with van der Waals surface area (Å²) in [6.07, 6.45) is 4.46. The lowest BCUT2D eigenvalue weighted by Gasteiger charge is -2.29. The SMILES string of the molecule is CCC(CC)(CO)CNC(=O)c1cnc2ccc(C)cn2c1=O. The Morgan fingerprint density at radius 3 is 2.65 bits per heavy atom. The van der Waals surface area contributed by atoms with Gasteiger partial charge in [0.2, 0.25) is 0 Å². The van der Waals surface area contributed by atoms with Gasteiger partial charge in [-0.3, -0.25) is 14.0 Å². The highest BCUT2D eigenvalue weighted by molar-refractivity contribution is 5.93. The molecule has 0 saturated heterocycles. The molecule has 2 heterocycles. The molecule has 2 rings (SSSR count). The van der Waals surface area contributed by atoms with E-state index in [1.165, 1.54) is 10.6 Å². The molecule has 0 aliphatic heterocycles. The van der Waals surface area contributed by atoms with E-state index in [1.54, 1.807) is 12.3 Å². The third-order valence-electron chi connectivity index (χ3n) is 4.55. The van der Waals surface area contributed by atoms with E-state index in [0.29, 0.717) is 12.2 Å². The van der Waals surface area contributed by atoms with Crippen LogP contribution in [0.3, 0.4) is 0 Å². The number of hydrogen-bond acceptors (Lipinski definition) is 4. The summed E-state index contributed by atoms with van der Waals surface area (Å²) in [6, 6.07) is 3.60. The van der Waals surface area contributed by atoms with Gasteiger partial charge >= 0.3 is 0 Å². The maximum atomic E-state index is 12.5. The first-order valence-electron chi connectivity index (χ1n) is 7.83. The Hall–Kier alpha value is -2.21. The van der Waals surface area contributed by atoms with Crippen LogP contribution in [0.2, 0.25) is 0 Å². The van der Waals surface area contributed by atoms with Crippen molar-refractivity contribution in [3.63, 3.8) is 0 Å². The van der Waals surface area contributed by atoms with E-state index in [2.05, 4.69) is 10.3 Å². The standard InChI is InChI=1S/C17H23N3O3/c1-4-17(5-2,11-21)10-19-15(22)13-8-18-14-7-6-12(3)9-20(14)16(13)23/h6-9,21H,4-5,10-11H2,1-3H3,(H,19,22). The zero-order chi connectivity index (χ0) is 17.0. The number of carbonyl (C=O) groups is 1. The van der Waals surface area contributed by atoms with Crippen LogP contribution in [0.4, 0.5) is 0 Å². The monoisotopic (exact) mass is 317 g/mol. The minimum absolute atomic E-state index is 0.00553. The van der Waals surface area contributed by atoms with Crippen molar-refractivity contribution in [3.8, 4) is 0 Å². The molecule has 2 N–H and O–H groups in total. The number of amides is 1. The molecule has 0 aromatic carbocycles. The number of rotatable bonds is 6. The molecule has 0 atom stereocenters. The molecule has 1 amide bonds. The average Bonchev–Trinajstić information content (AvgIpc) is 2.57. The molecule has 124 valence electrons. The summed E-state index contributed by atoms with van der Waals surface area (Å²) in [6.45, 7) is 6.14. The molecule has 0 unspecified atom stereocenters. The fourth-order valence-electron chi connectivity index (χ4n) is 2.48. The number of nitrogens with one attached hydrogen (secondary N) is 1. The fourth-order valence-corrected chi connectivity index (χ4v) is 2.48. The van der Waals surface area contributed by atoms with Gasteiger partial charge in [0.1, 0.15) is 11.2 Å². The number of hydrogen-bond donors (Lipinski definition) is 2. The van der Waals surface area contributed by atoms with Crippen molar-refractivity contribution >= 4 is 11.6 Å². The van der Waals surface area contributed by atoms with Gasteiger partial charge < -0.3 is 10.4 Å². The van der Waals surface area contributed by atoms with Crippen molar-refractivity contribution in [2.24, 2.45) is 5.41 Å². The number of nitrogens with zero attached hydrogens (tertiary/aromatic N) is 2. The van der Waals surface area contributed by atoms with Crippen molar-refractivity contribution in [2.75, 3.05) is 13.2 Å². The lowest BCUT2D eigenvalue weighted by Crippen LogP contribution is -2.41. The summed E-state index contributed by atoms with van der Waals surface area (Å²) >= 11 is 0. The molecule has 6 heteroatoms. The lowest BCUT2D eigenvalue weighted by atomic mass is 9.83. The van der Waals surface area contributed by atoms with Crippen molar-refractivity contribution < 1.29 is 9.90 Å². The number of aryl methyl sites for hydroxylation is 1. The van der Waals surface area contributed by atoms with Crippen molar-refractivity contribution in [1.29, 1.82) is 0 Å². The van der Waals surface area contributed by atoms with Crippen molar-refractivity contribution in [1.82, 2.24) is 14.7 Å². The smallest absolute Gasteiger partial charge is 0.270 e. The van der Waals surface area contributed by atoms with Crippen LogP contribution in [0.5, 0.6) is 0 Å². The van der Waals surface area contributed by atoms with E-state index in [4.69, 9.17) is 0 Å². The Morgan fingerprint density at radius 2 is 2.04 bits per heavy atom. The first-order valence-corrected chi connectivity index (χ1v) is 7.83. The topological polar surface area (TPSA) is 83.7 Å².